The number of thioether (sulfide) groups is 1. The Morgan fingerprint density at radius 2 is 2.00 bits per heavy atom. The average Bonchev–Trinajstić information content (AvgIpc) is 2.35. The van der Waals surface area contributed by atoms with Crippen LogP contribution in [-0.2, 0) is 9.84 Å². The summed E-state index contributed by atoms with van der Waals surface area (Å²) in [5, 5.41) is 4.25. The number of nitrogens with one attached hydrogen (secondary N) is 1. The molecule has 0 aromatic rings. The standard InChI is InChI=1S/C12H25NO2S2/c1-3-17(14,15)10-6-9-13-11-7-4-5-8-12(11)16-2/h11-13H,3-10H2,1-2H3. The topological polar surface area (TPSA) is 46.2 Å². The van der Waals surface area contributed by atoms with E-state index in [2.05, 4.69) is 11.6 Å². The van der Waals surface area contributed by atoms with Gasteiger partial charge in [0.1, 0.15) is 9.84 Å². The molecule has 0 bridgehead atoms. The van der Waals surface area contributed by atoms with Crippen LogP contribution in [0.25, 0.3) is 0 Å². The molecule has 5 heteroatoms. The van der Waals surface area contributed by atoms with Gasteiger partial charge in [-0.3, -0.25) is 0 Å². The smallest absolute Gasteiger partial charge is 0.150 e. The second-order valence-corrected chi connectivity index (χ2v) is 8.26. The summed E-state index contributed by atoms with van der Waals surface area (Å²) >= 11 is 1.94. The van der Waals surface area contributed by atoms with Gasteiger partial charge in [-0.05, 0) is 32.1 Å². The third-order valence-electron chi connectivity index (χ3n) is 3.48. The molecule has 102 valence electrons. The minimum atomic E-state index is -2.79. The molecular formula is C12H25NO2S2. The van der Waals surface area contributed by atoms with Gasteiger partial charge in [-0.15, -0.1) is 0 Å². The molecule has 1 N–H and O–H groups in total. The summed E-state index contributed by atoms with van der Waals surface area (Å²) in [7, 11) is -2.79. The largest absolute Gasteiger partial charge is 0.313 e. The first-order chi connectivity index (χ1) is 8.09. The van der Waals surface area contributed by atoms with Crippen LogP contribution >= 0.6 is 11.8 Å². The normalized spacial score (nSPS) is 26.0. The molecule has 1 fully saturated rings. The third-order valence-corrected chi connectivity index (χ3v) is 6.44. The van der Waals surface area contributed by atoms with Crippen molar-refractivity contribution in [1.29, 1.82) is 0 Å². The Morgan fingerprint density at radius 1 is 1.29 bits per heavy atom. The molecule has 1 rings (SSSR count). The van der Waals surface area contributed by atoms with Crippen molar-refractivity contribution in [1.82, 2.24) is 5.32 Å². The van der Waals surface area contributed by atoms with Crippen LogP contribution in [0.2, 0.25) is 0 Å². The molecule has 3 nitrogen and oxygen atoms in total. The predicted molar refractivity (Wildman–Crippen MR) is 76.5 cm³/mol. The van der Waals surface area contributed by atoms with Crippen LogP contribution in [0.4, 0.5) is 0 Å². The first kappa shape index (κ1) is 15.3. The van der Waals surface area contributed by atoms with Crippen LogP contribution in [0.15, 0.2) is 0 Å². The van der Waals surface area contributed by atoms with Gasteiger partial charge >= 0.3 is 0 Å². The van der Waals surface area contributed by atoms with Gasteiger partial charge in [0.05, 0.1) is 5.75 Å². The van der Waals surface area contributed by atoms with E-state index in [1.54, 1.807) is 6.92 Å². The van der Waals surface area contributed by atoms with Crippen molar-refractivity contribution in [3.63, 3.8) is 0 Å². The highest BCUT2D eigenvalue weighted by Gasteiger charge is 2.23. The Hall–Kier alpha value is 0.260. The van der Waals surface area contributed by atoms with Crippen LogP contribution in [0.1, 0.15) is 39.0 Å². The van der Waals surface area contributed by atoms with Crippen molar-refractivity contribution < 1.29 is 8.42 Å². The van der Waals surface area contributed by atoms with E-state index in [-0.39, 0.29) is 5.75 Å². The Bertz CT molecular complexity index is 304. The second-order valence-electron chi connectivity index (χ2n) is 4.71. The van der Waals surface area contributed by atoms with Crippen LogP contribution in [0.5, 0.6) is 0 Å². The summed E-state index contributed by atoms with van der Waals surface area (Å²) in [4.78, 5) is 0. The first-order valence-electron chi connectivity index (χ1n) is 6.55. The molecule has 2 atom stereocenters. The number of hydrogen-bond acceptors (Lipinski definition) is 4. The minimum absolute atomic E-state index is 0.268. The summed E-state index contributed by atoms with van der Waals surface area (Å²) in [5.74, 6) is 0.594. The Morgan fingerprint density at radius 3 is 2.65 bits per heavy atom. The summed E-state index contributed by atoms with van der Waals surface area (Å²) in [6, 6.07) is 0.586. The lowest BCUT2D eigenvalue weighted by molar-refractivity contribution is 0.385. The average molecular weight is 279 g/mol. The molecule has 17 heavy (non-hydrogen) atoms. The fourth-order valence-electron chi connectivity index (χ4n) is 2.34. The zero-order valence-electron chi connectivity index (χ0n) is 10.9. The highest BCUT2D eigenvalue weighted by atomic mass is 32.2. The number of rotatable bonds is 7. The molecule has 0 radical (unpaired) electrons. The van der Waals surface area contributed by atoms with Crippen molar-refractivity contribution in [3.05, 3.63) is 0 Å². The lowest BCUT2D eigenvalue weighted by Crippen LogP contribution is -2.41. The van der Waals surface area contributed by atoms with Crippen molar-refractivity contribution >= 4 is 21.6 Å². The first-order valence-corrected chi connectivity index (χ1v) is 9.66. The van der Waals surface area contributed by atoms with E-state index < -0.39 is 9.84 Å². The Balaban J connectivity index is 2.21. The molecule has 0 spiro atoms. The van der Waals surface area contributed by atoms with Crippen molar-refractivity contribution in [2.45, 2.75) is 50.3 Å². The molecule has 2 unspecified atom stereocenters. The van der Waals surface area contributed by atoms with Gasteiger partial charge in [0.25, 0.3) is 0 Å². The lowest BCUT2D eigenvalue weighted by atomic mass is 9.95. The molecule has 0 aliphatic heterocycles. The fourth-order valence-corrected chi connectivity index (χ4v) is 4.17. The van der Waals surface area contributed by atoms with Gasteiger partial charge in [-0.2, -0.15) is 11.8 Å². The van der Waals surface area contributed by atoms with Gasteiger partial charge < -0.3 is 5.32 Å². The maximum atomic E-state index is 11.3. The monoisotopic (exact) mass is 279 g/mol. The number of hydrogen-bond donors (Lipinski definition) is 1. The second kappa shape index (κ2) is 7.64. The van der Waals surface area contributed by atoms with E-state index in [9.17, 15) is 8.42 Å². The van der Waals surface area contributed by atoms with E-state index >= 15 is 0 Å². The molecule has 0 aromatic heterocycles. The lowest BCUT2D eigenvalue weighted by Gasteiger charge is -2.31. The molecule has 1 aliphatic rings. The summed E-state index contributed by atoms with van der Waals surface area (Å²) < 4.78 is 22.7. The number of sulfone groups is 1. The quantitative estimate of drug-likeness (QED) is 0.725. The van der Waals surface area contributed by atoms with Crippen molar-refractivity contribution in [2.24, 2.45) is 0 Å². The molecule has 0 heterocycles. The van der Waals surface area contributed by atoms with Crippen molar-refractivity contribution in [3.8, 4) is 0 Å². The highest BCUT2D eigenvalue weighted by molar-refractivity contribution is 7.99. The molecule has 1 saturated carbocycles. The van der Waals surface area contributed by atoms with Crippen LogP contribution in [0, 0.1) is 0 Å². The Labute approximate surface area is 110 Å². The van der Waals surface area contributed by atoms with E-state index in [1.165, 1.54) is 25.7 Å². The van der Waals surface area contributed by atoms with Gasteiger partial charge in [0.2, 0.25) is 0 Å². The summed E-state index contributed by atoms with van der Waals surface area (Å²) in [5.41, 5.74) is 0. The molecule has 0 aromatic carbocycles. The van der Waals surface area contributed by atoms with Gasteiger partial charge in [0, 0.05) is 17.0 Å². The zero-order chi connectivity index (χ0) is 12.7. The van der Waals surface area contributed by atoms with Crippen LogP contribution < -0.4 is 5.32 Å². The van der Waals surface area contributed by atoms with E-state index in [0.717, 1.165) is 13.0 Å². The molecular weight excluding hydrogens is 254 g/mol. The van der Waals surface area contributed by atoms with Gasteiger partial charge in [-0.25, -0.2) is 8.42 Å². The maximum absolute atomic E-state index is 11.3. The molecule has 0 saturated heterocycles. The summed E-state index contributed by atoms with van der Waals surface area (Å²) in [6.07, 6.45) is 8.11. The maximum Gasteiger partial charge on any atom is 0.150 e. The van der Waals surface area contributed by atoms with Gasteiger partial charge in [-0.1, -0.05) is 19.8 Å². The third kappa shape index (κ3) is 5.62. The van der Waals surface area contributed by atoms with Crippen LogP contribution in [0.3, 0.4) is 0 Å². The SMILES string of the molecule is CCS(=O)(=O)CCCNC1CCCCC1SC. The predicted octanol–water partition coefficient (Wildman–Crippen LogP) is 2.07. The van der Waals surface area contributed by atoms with Crippen molar-refractivity contribution in [2.75, 3.05) is 24.3 Å². The highest BCUT2D eigenvalue weighted by Crippen LogP contribution is 2.26. The fraction of sp³-hybridized carbons (Fsp3) is 1.00. The van der Waals surface area contributed by atoms with E-state index in [0.29, 0.717) is 17.0 Å². The molecule has 0 amide bonds. The summed E-state index contributed by atoms with van der Waals surface area (Å²) in [6.45, 7) is 2.55. The Kier molecular flexibility index (Phi) is 6.89. The molecule has 1 aliphatic carbocycles. The van der Waals surface area contributed by atoms with Crippen LogP contribution in [-0.4, -0.2) is 44.0 Å². The van der Waals surface area contributed by atoms with E-state index in [4.69, 9.17) is 0 Å². The zero-order valence-corrected chi connectivity index (χ0v) is 12.6. The minimum Gasteiger partial charge on any atom is -0.313 e. The van der Waals surface area contributed by atoms with E-state index in [1.807, 2.05) is 11.8 Å². The van der Waals surface area contributed by atoms with Gasteiger partial charge in [0.15, 0.2) is 0 Å².